The van der Waals surface area contributed by atoms with Crippen molar-refractivity contribution in [3.63, 3.8) is 0 Å². The van der Waals surface area contributed by atoms with Crippen molar-refractivity contribution in [1.82, 2.24) is 20.1 Å². The Kier molecular flexibility index (Phi) is 4.55. The lowest BCUT2D eigenvalue weighted by Crippen LogP contribution is -2.49. The summed E-state index contributed by atoms with van der Waals surface area (Å²) in [7, 11) is 0. The van der Waals surface area contributed by atoms with Crippen molar-refractivity contribution in [3.8, 4) is 0 Å². The molecule has 0 spiro atoms. The van der Waals surface area contributed by atoms with Gasteiger partial charge in [0.25, 0.3) is 0 Å². The molecule has 0 radical (unpaired) electrons. The number of ether oxygens (including phenoxy) is 1. The molecule has 1 aromatic heterocycles. The zero-order valence-corrected chi connectivity index (χ0v) is 12.9. The van der Waals surface area contributed by atoms with Crippen molar-refractivity contribution >= 4 is 17.9 Å². The maximum absolute atomic E-state index is 11.7. The summed E-state index contributed by atoms with van der Waals surface area (Å²) in [6, 6.07) is 0. The van der Waals surface area contributed by atoms with Gasteiger partial charge in [0.2, 0.25) is 5.95 Å². The second kappa shape index (κ2) is 6.76. The number of nitrogens with zero attached hydrogens (tertiary/aromatic N) is 6. The van der Waals surface area contributed by atoms with Crippen molar-refractivity contribution in [2.75, 3.05) is 55.7 Å². The molecule has 0 aliphatic carbocycles. The van der Waals surface area contributed by atoms with E-state index in [0.717, 1.165) is 18.9 Å². The third-order valence-electron chi connectivity index (χ3n) is 4.05. The van der Waals surface area contributed by atoms with Crippen LogP contribution in [0.5, 0.6) is 0 Å². The molecule has 8 nitrogen and oxygen atoms in total. The number of carbonyl (C=O) groups is 1. The number of aromatic nitrogens is 3. The molecule has 2 aliphatic heterocycles. The summed E-state index contributed by atoms with van der Waals surface area (Å²) in [5.41, 5.74) is 0. The zero-order valence-electron chi connectivity index (χ0n) is 12.9. The van der Waals surface area contributed by atoms with Gasteiger partial charge < -0.3 is 19.4 Å². The van der Waals surface area contributed by atoms with Crippen LogP contribution in [-0.4, -0.2) is 72.0 Å². The Balaban J connectivity index is 1.61. The van der Waals surface area contributed by atoms with Gasteiger partial charge in [-0.3, -0.25) is 0 Å². The summed E-state index contributed by atoms with van der Waals surface area (Å²) in [5.74, 6) is 1.54. The molecule has 0 N–H and O–H groups in total. The van der Waals surface area contributed by atoms with E-state index in [1.807, 2.05) is 6.92 Å². The Morgan fingerprint density at radius 2 is 1.86 bits per heavy atom. The molecule has 22 heavy (non-hydrogen) atoms. The van der Waals surface area contributed by atoms with E-state index in [1.165, 1.54) is 12.8 Å². The summed E-state index contributed by atoms with van der Waals surface area (Å²) in [5, 5.41) is 8.23. The Morgan fingerprint density at radius 1 is 1.14 bits per heavy atom. The molecule has 2 aliphatic rings. The molecule has 0 bridgehead atoms. The maximum atomic E-state index is 11.7. The fourth-order valence-electron chi connectivity index (χ4n) is 2.82. The topological polar surface area (TPSA) is 74.7 Å². The van der Waals surface area contributed by atoms with Gasteiger partial charge in [-0.15, -0.1) is 5.10 Å². The molecule has 0 atom stereocenters. The Bertz CT molecular complexity index is 512. The summed E-state index contributed by atoms with van der Waals surface area (Å²) >= 11 is 0. The van der Waals surface area contributed by atoms with E-state index >= 15 is 0 Å². The van der Waals surface area contributed by atoms with Crippen LogP contribution >= 0.6 is 0 Å². The van der Waals surface area contributed by atoms with Gasteiger partial charge in [0.15, 0.2) is 5.82 Å². The Morgan fingerprint density at radius 3 is 2.55 bits per heavy atom. The van der Waals surface area contributed by atoms with E-state index in [9.17, 15) is 4.79 Å². The largest absolute Gasteiger partial charge is 0.450 e. The molecule has 3 rings (SSSR count). The third-order valence-corrected chi connectivity index (χ3v) is 4.05. The number of carbonyl (C=O) groups excluding carboxylic acids is 1. The molecule has 0 unspecified atom stereocenters. The first-order valence-corrected chi connectivity index (χ1v) is 7.89. The van der Waals surface area contributed by atoms with Crippen LogP contribution in [0.3, 0.4) is 0 Å². The predicted molar refractivity (Wildman–Crippen MR) is 82.1 cm³/mol. The smallest absolute Gasteiger partial charge is 0.409 e. The van der Waals surface area contributed by atoms with Crippen molar-refractivity contribution in [1.29, 1.82) is 0 Å². The summed E-state index contributed by atoms with van der Waals surface area (Å²) in [6.07, 6.45) is 3.89. The number of piperazine rings is 1. The zero-order chi connectivity index (χ0) is 15.4. The van der Waals surface area contributed by atoms with Crippen molar-refractivity contribution in [3.05, 3.63) is 6.20 Å². The van der Waals surface area contributed by atoms with Gasteiger partial charge in [-0.05, 0) is 19.8 Å². The first-order valence-electron chi connectivity index (χ1n) is 7.89. The standard InChI is InChI=1S/C14H22N6O2/c1-2-22-14(21)20-9-7-19(8-10-20)13-16-12(11-15-17-13)18-5-3-4-6-18/h11H,2-10H2,1H3. The average Bonchev–Trinajstić information content (AvgIpc) is 3.10. The lowest BCUT2D eigenvalue weighted by Gasteiger charge is -2.34. The minimum Gasteiger partial charge on any atom is -0.450 e. The van der Waals surface area contributed by atoms with Crippen LogP contribution in [-0.2, 0) is 4.74 Å². The molecule has 1 aromatic rings. The van der Waals surface area contributed by atoms with Gasteiger partial charge >= 0.3 is 6.09 Å². The van der Waals surface area contributed by atoms with E-state index in [1.54, 1.807) is 11.1 Å². The molecule has 3 heterocycles. The minimum absolute atomic E-state index is 0.244. The highest BCUT2D eigenvalue weighted by atomic mass is 16.6. The highest BCUT2D eigenvalue weighted by molar-refractivity contribution is 5.68. The van der Waals surface area contributed by atoms with Gasteiger partial charge in [0.1, 0.15) is 0 Å². The van der Waals surface area contributed by atoms with Crippen LogP contribution in [0, 0.1) is 0 Å². The number of anilines is 2. The van der Waals surface area contributed by atoms with Crippen molar-refractivity contribution in [2.45, 2.75) is 19.8 Å². The van der Waals surface area contributed by atoms with Gasteiger partial charge in [-0.1, -0.05) is 0 Å². The number of hydrogen-bond donors (Lipinski definition) is 0. The highest BCUT2D eigenvalue weighted by Gasteiger charge is 2.24. The van der Waals surface area contributed by atoms with Crippen LogP contribution in [0.4, 0.5) is 16.6 Å². The lowest BCUT2D eigenvalue weighted by molar-refractivity contribution is 0.105. The molecule has 2 fully saturated rings. The van der Waals surface area contributed by atoms with E-state index in [-0.39, 0.29) is 6.09 Å². The molecule has 8 heteroatoms. The minimum atomic E-state index is -0.244. The van der Waals surface area contributed by atoms with Crippen LogP contribution < -0.4 is 9.80 Å². The average molecular weight is 306 g/mol. The van der Waals surface area contributed by atoms with E-state index < -0.39 is 0 Å². The molecular formula is C14H22N6O2. The van der Waals surface area contributed by atoms with Gasteiger partial charge in [0, 0.05) is 39.3 Å². The monoisotopic (exact) mass is 306 g/mol. The molecular weight excluding hydrogens is 284 g/mol. The second-order valence-corrected chi connectivity index (χ2v) is 5.48. The fourth-order valence-corrected chi connectivity index (χ4v) is 2.82. The number of hydrogen-bond acceptors (Lipinski definition) is 7. The number of amides is 1. The molecule has 2 saturated heterocycles. The Hall–Kier alpha value is -2.12. The summed E-state index contributed by atoms with van der Waals surface area (Å²) in [6.45, 7) is 6.94. The van der Waals surface area contributed by atoms with E-state index in [2.05, 4.69) is 25.0 Å². The second-order valence-electron chi connectivity index (χ2n) is 5.48. The van der Waals surface area contributed by atoms with Crippen LogP contribution in [0.15, 0.2) is 6.20 Å². The quantitative estimate of drug-likeness (QED) is 0.815. The van der Waals surface area contributed by atoms with Gasteiger partial charge in [-0.2, -0.15) is 10.1 Å². The molecule has 120 valence electrons. The first kappa shape index (κ1) is 14.8. The predicted octanol–water partition coefficient (Wildman–Crippen LogP) is 0.750. The Labute approximate surface area is 130 Å². The van der Waals surface area contributed by atoms with Crippen LogP contribution in [0.25, 0.3) is 0 Å². The highest BCUT2D eigenvalue weighted by Crippen LogP contribution is 2.19. The number of rotatable bonds is 3. The first-order chi connectivity index (χ1) is 10.8. The fraction of sp³-hybridized carbons (Fsp3) is 0.714. The molecule has 1 amide bonds. The summed E-state index contributed by atoms with van der Waals surface area (Å²) < 4.78 is 5.03. The van der Waals surface area contributed by atoms with E-state index in [0.29, 0.717) is 38.7 Å². The summed E-state index contributed by atoms with van der Waals surface area (Å²) in [4.78, 5) is 22.4. The van der Waals surface area contributed by atoms with Crippen molar-refractivity contribution in [2.24, 2.45) is 0 Å². The van der Waals surface area contributed by atoms with Gasteiger partial charge in [-0.25, -0.2) is 4.79 Å². The maximum Gasteiger partial charge on any atom is 0.409 e. The molecule has 0 aromatic carbocycles. The normalized spacial score (nSPS) is 18.7. The van der Waals surface area contributed by atoms with Crippen LogP contribution in [0.1, 0.15) is 19.8 Å². The lowest BCUT2D eigenvalue weighted by atomic mass is 10.3. The SMILES string of the molecule is CCOC(=O)N1CCN(c2nncc(N3CCCC3)n2)CC1. The molecule has 0 saturated carbocycles. The van der Waals surface area contributed by atoms with Crippen molar-refractivity contribution < 1.29 is 9.53 Å². The van der Waals surface area contributed by atoms with Crippen LogP contribution in [0.2, 0.25) is 0 Å². The van der Waals surface area contributed by atoms with E-state index in [4.69, 9.17) is 4.74 Å². The third kappa shape index (κ3) is 3.20. The van der Waals surface area contributed by atoms with Gasteiger partial charge in [0.05, 0.1) is 12.8 Å².